The molecule has 8 nitrogen and oxygen atoms in total. The van der Waals surface area contributed by atoms with Crippen molar-refractivity contribution in [3.05, 3.63) is 39.8 Å². The maximum atomic E-state index is 12.7. The van der Waals surface area contributed by atoms with Crippen LogP contribution in [-0.4, -0.2) is 57.6 Å². The topological polar surface area (TPSA) is 94.2 Å². The fourth-order valence-corrected chi connectivity index (χ4v) is 5.11. The molecule has 0 saturated carbocycles. The van der Waals surface area contributed by atoms with Crippen LogP contribution in [0.1, 0.15) is 44.5 Å². The molecule has 1 aliphatic rings. The molecule has 1 N–H and O–H groups in total. The molecule has 9 heteroatoms. The normalized spacial score (nSPS) is 14.8. The van der Waals surface area contributed by atoms with Crippen LogP contribution in [0.5, 0.6) is 11.5 Å². The van der Waals surface area contributed by atoms with Gasteiger partial charge in [-0.1, -0.05) is 13.0 Å². The summed E-state index contributed by atoms with van der Waals surface area (Å²) in [5.74, 6) is -0.116. The number of hydrogen-bond acceptors (Lipinski definition) is 7. The van der Waals surface area contributed by atoms with Crippen LogP contribution in [-0.2, 0) is 22.4 Å². The molecule has 0 aliphatic heterocycles. The summed E-state index contributed by atoms with van der Waals surface area (Å²) in [4.78, 5) is 40.2. The smallest absolute Gasteiger partial charge is 0.341 e. The van der Waals surface area contributed by atoms with E-state index >= 15 is 0 Å². The van der Waals surface area contributed by atoms with Crippen molar-refractivity contribution in [3.63, 3.8) is 0 Å². The van der Waals surface area contributed by atoms with E-state index in [2.05, 4.69) is 12.2 Å². The van der Waals surface area contributed by atoms with Gasteiger partial charge in [-0.2, -0.15) is 0 Å². The Bertz CT molecular complexity index is 1030. The molecule has 1 heterocycles. The van der Waals surface area contributed by atoms with E-state index in [9.17, 15) is 14.4 Å². The Morgan fingerprint density at radius 2 is 1.97 bits per heavy atom. The highest BCUT2D eigenvalue weighted by molar-refractivity contribution is 7.17. The summed E-state index contributed by atoms with van der Waals surface area (Å²) in [6.07, 6.45) is 2.63. The first-order valence-electron chi connectivity index (χ1n) is 10.3. The number of esters is 1. The second-order valence-corrected chi connectivity index (χ2v) is 9.03. The van der Waals surface area contributed by atoms with E-state index in [1.165, 1.54) is 30.5 Å². The van der Waals surface area contributed by atoms with Gasteiger partial charge < -0.3 is 24.4 Å². The van der Waals surface area contributed by atoms with Gasteiger partial charge in [0.2, 0.25) is 0 Å². The van der Waals surface area contributed by atoms with Crippen molar-refractivity contribution in [2.45, 2.75) is 26.2 Å². The number of para-hydroxylation sites is 1. The van der Waals surface area contributed by atoms with Gasteiger partial charge in [0.1, 0.15) is 5.00 Å². The molecule has 32 heavy (non-hydrogen) atoms. The van der Waals surface area contributed by atoms with Crippen LogP contribution in [0.3, 0.4) is 0 Å². The van der Waals surface area contributed by atoms with Gasteiger partial charge in [0, 0.05) is 19.0 Å². The molecule has 0 radical (unpaired) electrons. The van der Waals surface area contributed by atoms with Crippen LogP contribution >= 0.6 is 11.3 Å². The van der Waals surface area contributed by atoms with E-state index in [4.69, 9.17) is 14.2 Å². The Kier molecular flexibility index (Phi) is 7.40. The lowest BCUT2D eigenvalue weighted by Gasteiger charge is -2.18. The number of amides is 2. The zero-order chi connectivity index (χ0) is 23.4. The SMILES string of the molecule is COC(=O)c1c(NC(=O)COc2c(OC)cccc2C(=O)N(C)C)sc2c1CCC(C)C2. The fourth-order valence-electron chi connectivity index (χ4n) is 3.69. The van der Waals surface area contributed by atoms with Gasteiger partial charge in [0.05, 0.1) is 25.3 Å². The Morgan fingerprint density at radius 1 is 1.22 bits per heavy atom. The molecule has 1 aromatic heterocycles. The van der Waals surface area contributed by atoms with E-state index < -0.39 is 11.9 Å². The average Bonchev–Trinajstić information content (AvgIpc) is 3.12. The third-order valence-electron chi connectivity index (χ3n) is 5.34. The zero-order valence-electron chi connectivity index (χ0n) is 18.9. The van der Waals surface area contributed by atoms with Crippen molar-refractivity contribution < 1.29 is 28.6 Å². The number of ether oxygens (including phenoxy) is 3. The average molecular weight is 461 g/mol. The molecule has 2 aromatic rings. The maximum absolute atomic E-state index is 12.7. The predicted octanol–water partition coefficient (Wildman–Crippen LogP) is 3.39. The van der Waals surface area contributed by atoms with Crippen molar-refractivity contribution in [2.24, 2.45) is 5.92 Å². The first-order chi connectivity index (χ1) is 15.3. The quantitative estimate of drug-likeness (QED) is 0.637. The maximum Gasteiger partial charge on any atom is 0.341 e. The number of hydrogen-bond donors (Lipinski definition) is 1. The summed E-state index contributed by atoms with van der Waals surface area (Å²) in [6.45, 7) is 1.82. The van der Waals surface area contributed by atoms with Gasteiger partial charge in [-0.3, -0.25) is 9.59 Å². The lowest BCUT2D eigenvalue weighted by molar-refractivity contribution is -0.118. The molecule has 0 saturated heterocycles. The third kappa shape index (κ3) is 4.88. The molecule has 1 aliphatic carbocycles. The number of anilines is 1. The van der Waals surface area contributed by atoms with Crippen LogP contribution in [0, 0.1) is 5.92 Å². The molecule has 0 bridgehead atoms. The van der Waals surface area contributed by atoms with Gasteiger partial charge in [-0.05, 0) is 42.9 Å². The highest BCUT2D eigenvalue weighted by atomic mass is 32.1. The molecule has 0 spiro atoms. The molecule has 1 aromatic carbocycles. The van der Waals surface area contributed by atoms with Crippen molar-refractivity contribution >= 4 is 34.1 Å². The van der Waals surface area contributed by atoms with Crippen molar-refractivity contribution in [1.29, 1.82) is 0 Å². The van der Waals surface area contributed by atoms with Crippen LogP contribution in [0.2, 0.25) is 0 Å². The summed E-state index contributed by atoms with van der Waals surface area (Å²) in [6, 6.07) is 4.95. The fraction of sp³-hybridized carbons (Fsp3) is 0.435. The van der Waals surface area contributed by atoms with E-state index in [-0.39, 0.29) is 23.8 Å². The minimum Gasteiger partial charge on any atom is -0.493 e. The minimum atomic E-state index is -0.461. The number of fused-ring (bicyclic) bond motifs is 1. The number of benzene rings is 1. The van der Waals surface area contributed by atoms with Crippen LogP contribution in [0.15, 0.2) is 18.2 Å². The summed E-state index contributed by atoms with van der Waals surface area (Å²) in [5.41, 5.74) is 1.67. The number of nitrogens with zero attached hydrogens (tertiary/aromatic N) is 1. The monoisotopic (exact) mass is 460 g/mol. The summed E-state index contributed by atoms with van der Waals surface area (Å²) >= 11 is 1.41. The minimum absolute atomic E-state index is 0.191. The highest BCUT2D eigenvalue weighted by Gasteiger charge is 2.29. The number of methoxy groups -OCH3 is 2. The van der Waals surface area contributed by atoms with E-state index in [0.29, 0.717) is 22.2 Å². The van der Waals surface area contributed by atoms with Crippen molar-refractivity contribution in [1.82, 2.24) is 4.90 Å². The van der Waals surface area contributed by atoms with E-state index in [0.717, 1.165) is 29.7 Å². The predicted molar refractivity (Wildman–Crippen MR) is 122 cm³/mol. The van der Waals surface area contributed by atoms with Crippen molar-refractivity contribution in [3.8, 4) is 11.5 Å². The Morgan fingerprint density at radius 3 is 2.62 bits per heavy atom. The first-order valence-corrected chi connectivity index (χ1v) is 11.1. The van der Waals surface area contributed by atoms with Gasteiger partial charge >= 0.3 is 5.97 Å². The van der Waals surface area contributed by atoms with Gasteiger partial charge in [-0.15, -0.1) is 11.3 Å². The van der Waals surface area contributed by atoms with E-state index in [1.807, 2.05) is 0 Å². The standard InChI is InChI=1S/C23H28N2O6S/c1-13-9-10-14-17(11-13)32-21(19(14)23(28)30-5)24-18(26)12-31-20-15(22(27)25(2)3)7-6-8-16(20)29-4/h6-8,13H,9-12H2,1-5H3,(H,24,26). The molecule has 0 fully saturated rings. The molecule has 3 rings (SSSR count). The molecule has 1 atom stereocenters. The molecule has 2 amide bonds. The summed E-state index contributed by atoms with van der Waals surface area (Å²) in [7, 11) is 6.06. The summed E-state index contributed by atoms with van der Waals surface area (Å²) in [5, 5.41) is 3.26. The highest BCUT2D eigenvalue weighted by Crippen LogP contribution is 2.40. The second kappa shape index (κ2) is 10.0. The molecule has 172 valence electrons. The Hall–Kier alpha value is -3.07. The summed E-state index contributed by atoms with van der Waals surface area (Å²) < 4.78 is 16.0. The van der Waals surface area contributed by atoms with Gasteiger partial charge in [0.25, 0.3) is 11.8 Å². The van der Waals surface area contributed by atoms with Crippen molar-refractivity contribution in [2.75, 3.05) is 40.2 Å². The van der Waals surface area contributed by atoms with Crippen LogP contribution < -0.4 is 14.8 Å². The van der Waals surface area contributed by atoms with E-state index in [1.54, 1.807) is 32.3 Å². The Labute approximate surface area is 191 Å². The largest absolute Gasteiger partial charge is 0.493 e. The van der Waals surface area contributed by atoms with Gasteiger partial charge in [0.15, 0.2) is 18.1 Å². The number of carbonyl (C=O) groups is 3. The lowest BCUT2D eigenvalue weighted by Crippen LogP contribution is -2.25. The number of carbonyl (C=O) groups excluding carboxylic acids is 3. The first kappa shape index (κ1) is 23.6. The van der Waals surface area contributed by atoms with Crippen LogP contribution in [0.4, 0.5) is 5.00 Å². The third-order valence-corrected chi connectivity index (χ3v) is 6.51. The zero-order valence-corrected chi connectivity index (χ0v) is 19.8. The molecule has 1 unspecified atom stereocenters. The number of nitrogens with one attached hydrogen (secondary N) is 1. The lowest BCUT2D eigenvalue weighted by atomic mass is 9.88. The van der Waals surface area contributed by atoms with Crippen LogP contribution in [0.25, 0.3) is 0 Å². The molecular formula is C23H28N2O6S. The second-order valence-electron chi connectivity index (χ2n) is 7.92. The molecular weight excluding hydrogens is 432 g/mol. The number of rotatable bonds is 7. The Balaban J connectivity index is 1.81. The van der Waals surface area contributed by atoms with Gasteiger partial charge in [-0.25, -0.2) is 4.79 Å². The number of thiophene rings is 1.